The number of halogens is 1. The van der Waals surface area contributed by atoms with Crippen LogP contribution in [-0.4, -0.2) is 41.1 Å². The molecule has 4 nitrogen and oxygen atoms in total. The molecule has 23 heavy (non-hydrogen) atoms. The molecule has 3 rings (SSSR count). The van der Waals surface area contributed by atoms with Crippen LogP contribution in [-0.2, 0) is 10.4 Å². The fraction of sp³-hybridized carbons (Fsp3) is 0.611. The zero-order valence-electron chi connectivity index (χ0n) is 13.6. The molecule has 2 fully saturated rings. The first-order valence-corrected chi connectivity index (χ1v) is 8.93. The Kier molecular flexibility index (Phi) is 4.95. The van der Waals surface area contributed by atoms with E-state index in [0.717, 1.165) is 37.9 Å². The molecule has 0 spiro atoms. The Hall–Kier alpha value is -1.10. The Morgan fingerprint density at radius 1 is 1.35 bits per heavy atom. The van der Waals surface area contributed by atoms with Crippen molar-refractivity contribution in [1.82, 2.24) is 10.2 Å². The normalized spacial score (nSPS) is 31.6. The quantitative estimate of drug-likeness (QED) is 0.888. The molecule has 1 aliphatic carbocycles. The van der Waals surface area contributed by atoms with Gasteiger partial charge in [0, 0.05) is 24.2 Å². The molecule has 0 bridgehead atoms. The first-order valence-electron chi connectivity index (χ1n) is 8.55. The summed E-state index contributed by atoms with van der Waals surface area (Å²) in [6, 6.07) is 7.77. The Bertz CT molecular complexity index is 570. The van der Waals surface area contributed by atoms with Crippen molar-refractivity contribution in [3.63, 3.8) is 0 Å². The summed E-state index contributed by atoms with van der Waals surface area (Å²) >= 11 is 6.05. The molecule has 2 N–H and O–H groups in total. The third-order valence-corrected chi connectivity index (χ3v) is 5.53. The van der Waals surface area contributed by atoms with Gasteiger partial charge in [-0.3, -0.25) is 4.79 Å². The summed E-state index contributed by atoms with van der Waals surface area (Å²) in [6.07, 6.45) is 4.03. The van der Waals surface area contributed by atoms with Gasteiger partial charge in [-0.15, -0.1) is 0 Å². The highest BCUT2D eigenvalue weighted by molar-refractivity contribution is 6.30. The summed E-state index contributed by atoms with van der Waals surface area (Å²) in [7, 11) is 0. The van der Waals surface area contributed by atoms with E-state index < -0.39 is 5.60 Å². The highest BCUT2D eigenvalue weighted by atomic mass is 35.5. The van der Waals surface area contributed by atoms with Gasteiger partial charge >= 0.3 is 0 Å². The Morgan fingerprint density at radius 3 is 2.70 bits per heavy atom. The van der Waals surface area contributed by atoms with Crippen LogP contribution in [0.25, 0.3) is 0 Å². The van der Waals surface area contributed by atoms with Gasteiger partial charge in [0.15, 0.2) is 0 Å². The molecule has 1 amide bonds. The Balaban J connectivity index is 1.57. The minimum atomic E-state index is -0.793. The van der Waals surface area contributed by atoms with E-state index in [9.17, 15) is 9.90 Å². The lowest BCUT2D eigenvalue weighted by Gasteiger charge is -2.37. The lowest BCUT2D eigenvalue weighted by molar-refractivity contribution is -0.129. The molecule has 1 heterocycles. The van der Waals surface area contributed by atoms with E-state index in [1.807, 2.05) is 36.1 Å². The molecule has 0 radical (unpaired) electrons. The topological polar surface area (TPSA) is 52.6 Å². The molecule has 1 saturated heterocycles. The average Bonchev–Trinajstić information content (AvgIpc) is 2.90. The van der Waals surface area contributed by atoms with Crippen LogP contribution < -0.4 is 5.32 Å². The maximum Gasteiger partial charge on any atom is 0.239 e. The molecule has 5 heteroatoms. The van der Waals surface area contributed by atoms with Crippen molar-refractivity contribution in [3.05, 3.63) is 34.9 Å². The number of aliphatic hydroxyl groups is 1. The largest absolute Gasteiger partial charge is 0.385 e. The van der Waals surface area contributed by atoms with Crippen molar-refractivity contribution in [2.75, 3.05) is 13.1 Å². The highest BCUT2D eigenvalue weighted by Gasteiger charge is 2.37. The van der Waals surface area contributed by atoms with E-state index in [4.69, 9.17) is 11.6 Å². The molecule has 0 aromatic heterocycles. The second-order valence-electron chi connectivity index (χ2n) is 6.74. The fourth-order valence-electron chi connectivity index (χ4n) is 3.82. The van der Waals surface area contributed by atoms with Gasteiger partial charge in [0.1, 0.15) is 0 Å². The molecule has 1 aliphatic heterocycles. The van der Waals surface area contributed by atoms with Gasteiger partial charge in [-0.2, -0.15) is 0 Å². The predicted molar refractivity (Wildman–Crippen MR) is 91.4 cm³/mol. The monoisotopic (exact) mass is 336 g/mol. The SMILES string of the molecule is CCN1CCC(NC2CCC(O)(c3cccc(Cl)c3)CC2)C1=O. The van der Waals surface area contributed by atoms with E-state index in [-0.39, 0.29) is 11.9 Å². The number of hydrogen-bond donors (Lipinski definition) is 2. The summed E-state index contributed by atoms with van der Waals surface area (Å²) in [5.41, 5.74) is 0.107. The third kappa shape index (κ3) is 3.54. The molecular weight excluding hydrogens is 312 g/mol. The van der Waals surface area contributed by atoms with Crippen LogP contribution in [0.1, 0.15) is 44.6 Å². The number of hydrogen-bond acceptors (Lipinski definition) is 3. The van der Waals surface area contributed by atoms with Crippen LogP contribution in [0.2, 0.25) is 5.02 Å². The number of carbonyl (C=O) groups excluding carboxylic acids is 1. The van der Waals surface area contributed by atoms with Crippen LogP contribution >= 0.6 is 11.6 Å². The number of nitrogens with one attached hydrogen (secondary N) is 1. The number of amides is 1. The van der Waals surface area contributed by atoms with Crippen molar-refractivity contribution in [3.8, 4) is 0 Å². The van der Waals surface area contributed by atoms with Gasteiger partial charge < -0.3 is 15.3 Å². The minimum Gasteiger partial charge on any atom is -0.385 e. The second kappa shape index (κ2) is 6.80. The van der Waals surface area contributed by atoms with Crippen LogP contribution in [0.5, 0.6) is 0 Å². The van der Waals surface area contributed by atoms with Crippen molar-refractivity contribution in [1.29, 1.82) is 0 Å². The van der Waals surface area contributed by atoms with Crippen LogP contribution in [0.3, 0.4) is 0 Å². The second-order valence-corrected chi connectivity index (χ2v) is 7.18. The molecule has 1 aromatic carbocycles. The average molecular weight is 337 g/mol. The molecule has 1 atom stereocenters. The number of rotatable bonds is 4. The van der Waals surface area contributed by atoms with Gasteiger partial charge in [-0.25, -0.2) is 0 Å². The highest BCUT2D eigenvalue weighted by Crippen LogP contribution is 2.38. The van der Waals surface area contributed by atoms with Gasteiger partial charge in [0.2, 0.25) is 5.91 Å². The van der Waals surface area contributed by atoms with Crippen molar-refractivity contribution in [2.24, 2.45) is 0 Å². The molecular formula is C18H25ClN2O2. The molecule has 1 aromatic rings. The van der Waals surface area contributed by atoms with Gasteiger partial charge in [0.25, 0.3) is 0 Å². The Morgan fingerprint density at radius 2 is 2.09 bits per heavy atom. The predicted octanol–water partition coefficient (Wildman–Crippen LogP) is 2.68. The van der Waals surface area contributed by atoms with E-state index in [1.165, 1.54) is 0 Å². The van der Waals surface area contributed by atoms with Crippen molar-refractivity contribution in [2.45, 2.75) is 56.7 Å². The minimum absolute atomic E-state index is 0.0442. The van der Waals surface area contributed by atoms with E-state index in [1.54, 1.807) is 0 Å². The fourth-order valence-corrected chi connectivity index (χ4v) is 4.01. The maximum atomic E-state index is 12.2. The third-order valence-electron chi connectivity index (χ3n) is 5.29. The summed E-state index contributed by atoms with van der Waals surface area (Å²) in [4.78, 5) is 14.1. The number of nitrogens with zero attached hydrogens (tertiary/aromatic N) is 1. The molecule has 126 valence electrons. The maximum absolute atomic E-state index is 12.2. The van der Waals surface area contributed by atoms with E-state index in [0.29, 0.717) is 23.9 Å². The van der Waals surface area contributed by atoms with E-state index in [2.05, 4.69) is 5.32 Å². The van der Waals surface area contributed by atoms with Gasteiger partial charge in [-0.05, 0) is 56.7 Å². The van der Waals surface area contributed by atoms with Crippen LogP contribution in [0, 0.1) is 0 Å². The zero-order chi connectivity index (χ0) is 16.4. The summed E-state index contributed by atoms with van der Waals surface area (Å²) in [6.45, 7) is 3.66. The summed E-state index contributed by atoms with van der Waals surface area (Å²) in [5.74, 6) is 0.225. The molecule has 1 saturated carbocycles. The molecule has 1 unspecified atom stereocenters. The van der Waals surface area contributed by atoms with E-state index >= 15 is 0 Å². The standard InChI is InChI=1S/C18H25ClN2O2/c1-2-21-11-8-16(17(21)22)20-15-6-9-18(23,10-7-15)13-4-3-5-14(19)12-13/h3-5,12,15-16,20,23H,2,6-11H2,1H3. The van der Waals surface area contributed by atoms with Gasteiger partial charge in [0.05, 0.1) is 11.6 Å². The lowest BCUT2D eigenvalue weighted by Crippen LogP contribution is -2.47. The first kappa shape index (κ1) is 16.7. The first-order chi connectivity index (χ1) is 11.0. The lowest BCUT2D eigenvalue weighted by atomic mass is 9.77. The van der Waals surface area contributed by atoms with Crippen LogP contribution in [0.15, 0.2) is 24.3 Å². The van der Waals surface area contributed by atoms with Gasteiger partial charge in [-0.1, -0.05) is 23.7 Å². The number of benzene rings is 1. The van der Waals surface area contributed by atoms with Crippen LogP contribution in [0.4, 0.5) is 0 Å². The van der Waals surface area contributed by atoms with Crippen molar-refractivity contribution < 1.29 is 9.90 Å². The smallest absolute Gasteiger partial charge is 0.239 e. The number of likely N-dealkylation sites (tertiary alicyclic amines) is 1. The molecule has 2 aliphatic rings. The number of carbonyl (C=O) groups is 1. The summed E-state index contributed by atoms with van der Waals surface area (Å²) in [5, 5.41) is 15.1. The summed E-state index contributed by atoms with van der Waals surface area (Å²) < 4.78 is 0. The van der Waals surface area contributed by atoms with Crippen molar-refractivity contribution >= 4 is 17.5 Å². The zero-order valence-corrected chi connectivity index (χ0v) is 14.4. The number of likely N-dealkylation sites (N-methyl/N-ethyl adjacent to an activating group) is 1. The Labute approximate surface area is 142 Å².